The van der Waals surface area contributed by atoms with E-state index in [0.717, 1.165) is 13.0 Å². The Hall–Kier alpha value is -1.14. The van der Waals surface area contributed by atoms with Crippen LogP contribution in [0.25, 0.3) is 0 Å². The number of hydrogen-bond donors (Lipinski definition) is 2. The molecule has 1 heterocycles. The van der Waals surface area contributed by atoms with Crippen LogP contribution in [0.4, 0.5) is 5.82 Å². The first-order valence-corrected chi connectivity index (χ1v) is 8.47. The molecule has 0 aliphatic carbocycles. The van der Waals surface area contributed by atoms with Crippen molar-refractivity contribution in [3.63, 3.8) is 0 Å². The first-order valence-electron chi connectivity index (χ1n) is 6.61. The quantitative estimate of drug-likeness (QED) is 0.770. The van der Waals surface area contributed by atoms with E-state index in [1.54, 1.807) is 6.07 Å². The van der Waals surface area contributed by atoms with Crippen LogP contribution in [0.3, 0.4) is 0 Å². The molecule has 5 nitrogen and oxygen atoms in total. The van der Waals surface area contributed by atoms with Gasteiger partial charge in [0.1, 0.15) is 5.82 Å². The molecule has 20 heavy (non-hydrogen) atoms. The highest BCUT2D eigenvalue weighted by Crippen LogP contribution is 2.19. The largest absolute Gasteiger partial charge is 0.369 e. The number of halogens is 1. The van der Waals surface area contributed by atoms with Gasteiger partial charge in [-0.2, -0.15) is 0 Å². The number of anilines is 1. The zero-order chi connectivity index (χ0) is 15.0. The van der Waals surface area contributed by atoms with Crippen LogP contribution in [0.15, 0.2) is 12.3 Å². The highest BCUT2D eigenvalue weighted by atomic mass is 35.5. The fourth-order valence-corrected chi connectivity index (χ4v) is 2.31. The molecular formula is C13H20ClN3O2S. The molecule has 0 saturated carbocycles. The van der Waals surface area contributed by atoms with Crippen LogP contribution in [0.5, 0.6) is 0 Å². The molecule has 0 bridgehead atoms. The highest BCUT2D eigenvalue weighted by molar-refractivity contribution is 7.84. The Bertz CT molecular complexity index is 483. The number of nitrogens with one attached hydrogen (secondary N) is 2. The van der Waals surface area contributed by atoms with Crippen molar-refractivity contribution in [3.8, 4) is 0 Å². The minimum absolute atomic E-state index is 0.255. The molecule has 1 unspecified atom stereocenters. The molecule has 7 heteroatoms. The van der Waals surface area contributed by atoms with Gasteiger partial charge >= 0.3 is 0 Å². The molecule has 0 fully saturated rings. The maximum absolute atomic E-state index is 11.9. The Morgan fingerprint density at radius 3 is 2.75 bits per heavy atom. The molecule has 0 aliphatic rings. The maximum Gasteiger partial charge on any atom is 0.252 e. The summed E-state index contributed by atoms with van der Waals surface area (Å²) >= 11 is 6.06. The second-order valence-corrected chi connectivity index (χ2v) is 6.44. The van der Waals surface area contributed by atoms with Crippen molar-refractivity contribution in [1.29, 1.82) is 0 Å². The summed E-state index contributed by atoms with van der Waals surface area (Å²) in [5.41, 5.74) is 0.402. The average molecular weight is 318 g/mol. The van der Waals surface area contributed by atoms with Crippen molar-refractivity contribution in [2.45, 2.75) is 20.3 Å². The molecule has 1 amide bonds. The Morgan fingerprint density at radius 1 is 1.40 bits per heavy atom. The van der Waals surface area contributed by atoms with Crippen molar-refractivity contribution >= 4 is 34.1 Å². The van der Waals surface area contributed by atoms with E-state index in [4.69, 9.17) is 11.6 Å². The lowest BCUT2D eigenvalue weighted by Gasteiger charge is -2.08. The van der Waals surface area contributed by atoms with Gasteiger partial charge in [-0.15, -0.1) is 0 Å². The van der Waals surface area contributed by atoms with Gasteiger partial charge in [-0.05, 0) is 12.5 Å². The minimum atomic E-state index is -0.878. The lowest BCUT2D eigenvalue weighted by atomic mass is 10.2. The zero-order valence-corrected chi connectivity index (χ0v) is 13.3. The molecule has 1 aromatic rings. The lowest BCUT2D eigenvalue weighted by Crippen LogP contribution is -2.28. The van der Waals surface area contributed by atoms with Crippen LogP contribution < -0.4 is 10.6 Å². The predicted molar refractivity (Wildman–Crippen MR) is 83.9 cm³/mol. The fraction of sp³-hybridized carbons (Fsp3) is 0.538. The van der Waals surface area contributed by atoms with E-state index >= 15 is 0 Å². The summed E-state index contributed by atoms with van der Waals surface area (Å²) in [6.07, 6.45) is 2.45. The van der Waals surface area contributed by atoms with Gasteiger partial charge in [0, 0.05) is 41.6 Å². The van der Waals surface area contributed by atoms with Crippen molar-refractivity contribution in [2.75, 3.05) is 29.9 Å². The van der Waals surface area contributed by atoms with Gasteiger partial charge in [0.25, 0.3) is 5.91 Å². The molecule has 0 spiro atoms. The molecule has 0 radical (unpaired) electrons. The van der Waals surface area contributed by atoms with E-state index in [-0.39, 0.29) is 5.91 Å². The molecule has 1 aromatic heterocycles. The Kier molecular flexibility index (Phi) is 7.54. The summed E-state index contributed by atoms with van der Waals surface area (Å²) in [6, 6.07) is 1.58. The van der Waals surface area contributed by atoms with Gasteiger partial charge in [0.15, 0.2) is 0 Å². The van der Waals surface area contributed by atoms with E-state index in [2.05, 4.69) is 15.6 Å². The first-order chi connectivity index (χ1) is 9.58. The predicted octanol–water partition coefficient (Wildman–Crippen LogP) is 2.06. The van der Waals surface area contributed by atoms with Crippen molar-refractivity contribution in [1.82, 2.24) is 10.3 Å². The monoisotopic (exact) mass is 317 g/mol. The van der Waals surface area contributed by atoms with Gasteiger partial charge < -0.3 is 10.6 Å². The van der Waals surface area contributed by atoms with Crippen LogP contribution in [-0.4, -0.2) is 39.7 Å². The third-order valence-electron chi connectivity index (χ3n) is 2.58. The van der Waals surface area contributed by atoms with Crippen molar-refractivity contribution < 1.29 is 9.00 Å². The van der Waals surface area contributed by atoms with Gasteiger partial charge in [0.2, 0.25) is 0 Å². The summed E-state index contributed by atoms with van der Waals surface area (Å²) in [5, 5.41) is 6.20. The van der Waals surface area contributed by atoms with E-state index in [0.29, 0.717) is 34.5 Å². The number of rotatable bonds is 8. The number of carbonyl (C=O) groups is 1. The number of carbonyl (C=O) groups excluding carboxylic acids is 1. The second-order valence-electron chi connectivity index (χ2n) is 4.17. The van der Waals surface area contributed by atoms with Crippen LogP contribution in [0.1, 0.15) is 30.6 Å². The summed E-state index contributed by atoms with van der Waals surface area (Å²) in [7, 11) is -0.878. The summed E-state index contributed by atoms with van der Waals surface area (Å²) in [4.78, 5) is 16.0. The summed E-state index contributed by atoms with van der Waals surface area (Å²) in [5.74, 6) is 1.38. The molecule has 112 valence electrons. The molecule has 0 aromatic carbocycles. The number of aromatic nitrogens is 1. The maximum atomic E-state index is 11.9. The first kappa shape index (κ1) is 16.9. The topological polar surface area (TPSA) is 71.1 Å². The lowest BCUT2D eigenvalue weighted by molar-refractivity contribution is 0.0956. The molecular weight excluding hydrogens is 298 g/mol. The molecule has 0 saturated heterocycles. The fourth-order valence-electron chi connectivity index (χ4n) is 1.46. The van der Waals surface area contributed by atoms with Crippen LogP contribution >= 0.6 is 11.6 Å². The standard InChI is InChI=1S/C13H20ClN3O2S/c1-3-5-15-12-11(14)8-10(9-17-12)13(18)16-6-7-20(19)4-2/h8-9H,3-7H2,1-2H3,(H,15,17)(H,16,18). The zero-order valence-electron chi connectivity index (χ0n) is 11.7. The van der Waals surface area contributed by atoms with Crippen LogP contribution in [-0.2, 0) is 10.8 Å². The molecule has 2 N–H and O–H groups in total. The van der Waals surface area contributed by atoms with Crippen molar-refractivity contribution in [2.24, 2.45) is 0 Å². The minimum Gasteiger partial charge on any atom is -0.369 e. The number of hydrogen-bond acceptors (Lipinski definition) is 4. The Labute approximate surface area is 127 Å². The van der Waals surface area contributed by atoms with E-state index in [1.165, 1.54) is 6.20 Å². The smallest absolute Gasteiger partial charge is 0.252 e. The Morgan fingerprint density at radius 2 is 2.15 bits per heavy atom. The van der Waals surface area contributed by atoms with Crippen LogP contribution in [0, 0.1) is 0 Å². The van der Waals surface area contributed by atoms with Crippen molar-refractivity contribution in [3.05, 3.63) is 22.8 Å². The number of amides is 1. The molecule has 1 rings (SSSR count). The third-order valence-corrected chi connectivity index (χ3v) is 4.17. The number of pyridine rings is 1. The average Bonchev–Trinajstić information content (AvgIpc) is 2.45. The van der Waals surface area contributed by atoms with Gasteiger partial charge in [-0.25, -0.2) is 4.98 Å². The Balaban J connectivity index is 2.56. The van der Waals surface area contributed by atoms with Gasteiger partial charge in [0.05, 0.1) is 10.6 Å². The highest BCUT2D eigenvalue weighted by Gasteiger charge is 2.09. The van der Waals surface area contributed by atoms with E-state index < -0.39 is 10.8 Å². The molecule has 1 atom stereocenters. The second kappa shape index (κ2) is 8.92. The summed E-state index contributed by atoms with van der Waals surface area (Å²) in [6.45, 7) is 5.06. The third kappa shape index (κ3) is 5.46. The molecule has 0 aliphatic heterocycles. The van der Waals surface area contributed by atoms with Crippen LogP contribution in [0.2, 0.25) is 5.02 Å². The summed E-state index contributed by atoms with van der Waals surface area (Å²) < 4.78 is 11.2. The van der Waals surface area contributed by atoms with E-state index in [9.17, 15) is 9.00 Å². The van der Waals surface area contributed by atoms with E-state index in [1.807, 2.05) is 13.8 Å². The normalized spacial score (nSPS) is 11.9. The SMILES string of the molecule is CCCNc1ncc(C(=O)NCCS(=O)CC)cc1Cl. The van der Waals surface area contributed by atoms with Gasteiger partial charge in [-0.1, -0.05) is 25.4 Å². The number of nitrogens with zero attached hydrogens (tertiary/aromatic N) is 1. The van der Waals surface area contributed by atoms with Gasteiger partial charge in [-0.3, -0.25) is 9.00 Å².